The average molecular weight is 174 g/mol. The summed E-state index contributed by atoms with van der Waals surface area (Å²) in [6.07, 6.45) is -0.936. The van der Waals surface area contributed by atoms with Crippen LogP contribution in [-0.2, 0) is 0 Å². The van der Waals surface area contributed by atoms with E-state index in [0.29, 0.717) is 10.8 Å². The molecule has 1 unspecified atom stereocenters. The number of aliphatic hydroxyl groups is 2. The van der Waals surface area contributed by atoms with E-state index in [2.05, 4.69) is 4.98 Å². The number of hydrogen-bond acceptors (Lipinski definition) is 3. The molecule has 1 rings (SSSR count). The molecule has 0 aliphatic rings. The second kappa shape index (κ2) is 3.67. The van der Waals surface area contributed by atoms with Gasteiger partial charge in [0.15, 0.2) is 0 Å². The number of aromatic nitrogens is 1. The number of hydrogen-bond donors (Lipinski definition) is 2. The van der Waals surface area contributed by atoms with Crippen molar-refractivity contribution in [3.63, 3.8) is 0 Å². The molecule has 1 aromatic heterocycles. The normalized spacial score (nSPS) is 13.0. The molecule has 1 heterocycles. The molecule has 0 saturated heterocycles. The molecule has 0 aliphatic carbocycles. The first kappa shape index (κ1) is 8.46. The standard InChI is InChI=1S/C7H8ClNO2/c8-7-3-1-2-5(9-7)6(11)4-10/h1-3,6,10-11H,4H2. The van der Waals surface area contributed by atoms with Crippen LogP contribution in [0.1, 0.15) is 11.8 Å². The van der Waals surface area contributed by atoms with Gasteiger partial charge in [-0.2, -0.15) is 0 Å². The van der Waals surface area contributed by atoms with E-state index in [0.717, 1.165) is 0 Å². The Labute approximate surface area is 69.3 Å². The van der Waals surface area contributed by atoms with E-state index in [1.54, 1.807) is 18.2 Å². The third kappa shape index (κ3) is 2.15. The Morgan fingerprint density at radius 2 is 2.27 bits per heavy atom. The largest absolute Gasteiger partial charge is 0.393 e. The fourth-order valence-electron chi connectivity index (χ4n) is 0.703. The van der Waals surface area contributed by atoms with E-state index in [9.17, 15) is 0 Å². The smallest absolute Gasteiger partial charge is 0.129 e. The van der Waals surface area contributed by atoms with E-state index in [-0.39, 0.29) is 6.61 Å². The molecule has 1 aromatic rings. The third-order valence-electron chi connectivity index (χ3n) is 1.25. The van der Waals surface area contributed by atoms with Crippen molar-refractivity contribution in [2.75, 3.05) is 6.61 Å². The summed E-state index contributed by atoms with van der Waals surface area (Å²) in [6.45, 7) is -0.340. The van der Waals surface area contributed by atoms with Crippen LogP contribution in [0.5, 0.6) is 0 Å². The second-order valence-corrected chi connectivity index (χ2v) is 2.47. The van der Waals surface area contributed by atoms with Gasteiger partial charge in [0.1, 0.15) is 11.3 Å². The Bertz CT molecular complexity index is 242. The van der Waals surface area contributed by atoms with Gasteiger partial charge in [-0.1, -0.05) is 17.7 Å². The number of halogens is 1. The monoisotopic (exact) mass is 173 g/mol. The van der Waals surface area contributed by atoms with Gasteiger partial charge in [0.05, 0.1) is 12.3 Å². The van der Waals surface area contributed by atoms with Crippen LogP contribution in [0, 0.1) is 0 Å². The van der Waals surface area contributed by atoms with Crippen LogP contribution < -0.4 is 0 Å². The molecule has 4 heteroatoms. The highest BCUT2D eigenvalue weighted by atomic mass is 35.5. The molecule has 0 aromatic carbocycles. The van der Waals surface area contributed by atoms with Gasteiger partial charge in [0.25, 0.3) is 0 Å². The van der Waals surface area contributed by atoms with Crippen LogP contribution in [0.15, 0.2) is 18.2 Å². The highest BCUT2D eigenvalue weighted by Crippen LogP contribution is 2.11. The first-order chi connectivity index (χ1) is 5.24. The maximum Gasteiger partial charge on any atom is 0.129 e. The van der Waals surface area contributed by atoms with Crippen molar-refractivity contribution in [3.05, 3.63) is 29.0 Å². The second-order valence-electron chi connectivity index (χ2n) is 2.08. The summed E-state index contributed by atoms with van der Waals surface area (Å²) in [5, 5.41) is 17.9. The fourth-order valence-corrected chi connectivity index (χ4v) is 0.873. The van der Waals surface area contributed by atoms with Crippen LogP contribution in [0.25, 0.3) is 0 Å². The predicted molar refractivity (Wildman–Crippen MR) is 41.3 cm³/mol. The predicted octanol–water partition coefficient (Wildman–Crippen LogP) is 0.761. The van der Waals surface area contributed by atoms with Crippen molar-refractivity contribution >= 4 is 11.6 Å². The lowest BCUT2D eigenvalue weighted by Crippen LogP contribution is -2.04. The molecule has 0 spiro atoms. The van der Waals surface area contributed by atoms with Crippen molar-refractivity contribution in [1.82, 2.24) is 4.98 Å². The first-order valence-electron chi connectivity index (χ1n) is 3.15. The van der Waals surface area contributed by atoms with Crippen LogP contribution in [0.4, 0.5) is 0 Å². The molecule has 0 aliphatic heterocycles. The van der Waals surface area contributed by atoms with Gasteiger partial charge in [0.2, 0.25) is 0 Å². The summed E-state index contributed by atoms with van der Waals surface area (Å²) >= 11 is 5.54. The van der Waals surface area contributed by atoms with Crippen molar-refractivity contribution in [2.24, 2.45) is 0 Å². The zero-order valence-corrected chi connectivity index (χ0v) is 6.49. The summed E-state index contributed by atoms with van der Waals surface area (Å²) in [5.41, 5.74) is 0.389. The molecule has 2 N–H and O–H groups in total. The van der Waals surface area contributed by atoms with Gasteiger partial charge in [-0.05, 0) is 12.1 Å². The Hall–Kier alpha value is -0.640. The van der Waals surface area contributed by atoms with E-state index in [1.807, 2.05) is 0 Å². The summed E-state index contributed by atoms with van der Waals surface area (Å²) in [6, 6.07) is 4.88. The van der Waals surface area contributed by atoms with Gasteiger partial charge in [-0.25, -0.2) is 4.98 Å². The summed E-state index contributed by atoms with van der Waals surface area (Å²) < 4.78 is 0. The molecule has 60 valence electrons. The van der Waals surface area contributed by atoms with Crippen molar-refractivity contribution in [2.45, 2.75) is 6.10 Å². The zero-order chi connectivity index (χ0) is 8.27. The molecule has 1 atom stereocenters. The number of pyridine rings is 1. The van der Waals surface area contributed by atoms with Crippen molar-refractivity contribution in [1.29, 1.82) is 0 Å². The fraction of sp³-hybridized carbons (Fsp3) is 0.286. The highest BCUT2D eigenvalue weighted by molar-refractivity contribution is 6.29. The van der Waals surface area contributed by atoms with Gasteiger partial charge >= 0.3 is 0 Å². The Morgan fingerprint density at radius 1 is 1.55 bits per heavy atom. The minimum absolute atomic E-state index is 0.315. The van der Waals surface area contributed by atoms with Gasteiger partial charge < -0.3 is 10.2 Å². The third-order valence-corrected chi connectivity index (χ3v) is 1.46. The lowest BCUT2D eigenvalue weighted by molar-refractivity contribution is 0.0923. The molecular weight excluding hydrogens is 166 g/mol. The topological polar surface area (TPSA) is 53.4 Å². The van der Waals surface area contributed by atoms with Crippen LogP contribution in [0.3, 0.4) is 0 Å². The molecular formula is C7H8ClNO2. The Balaban J connectivity index is 2.86. The van der Waals surface area contributed by atoms with Crippen LogP contribution in [-0.4, -0.2) is 21.8 Å². The lowest BCUT2D eigenvalue weighted by atomic mass is 10.2. The van der Waals surface area contributed by atoms with E-state index < -0.39 is 6.10 Å². The Kier molecular flexibility index (Phi) is 2.82. The van der Waals surface area contributed by atoms with E-state index in [4.69, 9.17) is 21.8 Å². The molecule has 0 saturated carbocycles. The summed E-state index contributed by atoms with van der Waals surface area (Å²) in [5.74, 6) is 0. The van der Waals surface area contributed by atoms with Crippen molar-refractivity contribution in [3.8, 4) is 0 Å². The minimum Gasteiger partial charge on any atom is -0.393 e. The quantitative estimate of drug-likeness (QED) is 0.650. The van der Waals surface area contributed by atoms with E-state index >= 15 is 0 Å². The molecule has 0 bridgehead atoms. The van der Waals surface area contributed by atoms with Crippen LogP contribution >= 0.6 is 11.6 Å². The lowest BCUT2D eigenvalue weighted by Gasteiger charge is -2.04. The van der Waals surface area contributed by atoms with Gasteiger partial charge in [0, 0.05) is 0 Å². The number of nitrogens with zero attached hydrogens (tertiary/aromatic N) is 1. The molecule has 0 fully saturated rings. The summed E-state index contributed by atoms with van der Waals surface area (Å²) in [4.78, 5) is 3.80. The molecule has 3 nitrogen and oxygen atoms in total. The number of aliphatic hydroxyl groups excluding tert-OH is 2. The highest BCUT2D eigenvalue weighted by Gasteiger charge is 2.06. The Morgan fingerprint density at radius 3 is 2.82 bits per heavy atom. The van der Waals surface area contributed by atoms with Crippen LogP contribution in [0.2, 0.25) is 5.15 Å². The zero-order valence-electron chi connectivity index (χ0n) is 5.74. The average Bonchev–Trinajstić information content (AvgIpc) is 2.03. The first-order valence-corrected chi connectivity index (χ1v) is 3.53. The molecule has 11 heavy (non-hydrogen) atoms. The maximum atomic E-state index is 9.08. The van der Waals surface area contributed by atoms with Gasteiger partial charge in [-0.3, -0.25) is 0 Å². The molecule has 0 radical (unpaired) electrons. The minimum atomic E-state index is -0.936. The number of rotatable bonds is 2. The maximum absolute atomic E-state index is 9.08. The SMILES string of the molecule is OCC(O)c1cccc(Cl)n1. The van der Waals surface area contributed by atoms with Crippen molar-refractivity contribution < 1.29 is 10.2 Å². The summed E-state index contributed by atoms with van der Waals surface area (Å²) in [7, 11) is 0. The van der Waals surface area contributed by atoms with Gasteiger partial charge in [-0.15, -0.1) is 0 Å². The van der Waals surface area contributed by atoms with E-state index in [1.165, 1.54) is 0 Å². The molecule has 0 amide bonds.